The SMILES string of the molecule is O=C(CCc1ccc(O)cc1)N[C@H](CO)Cc1ccccc1. The van der Waals surface area contributed by atoms with Crippen molar-refractivity contribution < 1.29 is 15.0 Å². The van der Waals surface area contributed by atoms with E-state index in [1.165, 1.54) is 0 Å². The minimum Gasteiger partial charge on any atom is -0.508 e. The number of benzene rings is 2. The van der Waals surface area contributed by atoms with E-state index in [9.17, 15) is 15.0 Å². The lowest BCUT2D eigenvalue weighted by Gasteiger charge is -2.16. The normalized spacial score (nSPS) is 11.9. The van der Waals surface area contributed by atoms with Gasteiger partial charge in [0.05, 0.1) is 12.6 Å². The minimum absolute atomic E-state index is 0.0805. The Hall–Kier alpha value is -2.33. The van der Waals surface area contributed by atoms with Gasteiger partial charge in [-0.3, -0.25) is 4.79 Å². The van der Waals surface area contributed by atoms with Crippen molar-refractivity contribution in [1.82, 2.24) is 5.32 Å². The number of aliphatic hydroxyl groups excluding tert-OH is 1. The lowest BCUT2D eigenvalue weighted by molar-refractivity contribution is -0.122. The molecule has 0 aliphatic rings. The van der Waals surface area contributed by atoms with Gasteiger partial charge < -0.3 is 15.5 Å². The molecule has 0 fully saturated rings. The monoisotopic (exact) mass is 299 g/mol. The van der Waals surface area contributed by atoms with E-state index >= 15 is 0 Å². The van der Waals surface area contributed by atoms with Gasteiger partial charge in [0, 0.05) is 6.42 Å². The van der Waals surface area contributed by atoms with E-state index in [4.69, 9.17) is 0 Å². The van der Waals surface area contributed by atoms with Crippen molar-refractivity contribution in [2.75, 3.05) is 6.61 Å². The first-order chi connectivity index (χ1) is 10.7. The number of aliphatic hydroxyl groups is 1. The predicted octanol–water partition coefficient (Wildman–Crippen LogP) is 2.04. The van der Waals surface area contributed by atoms with Gasteiger partial charge in [-0.05, 0) is 36.1 Å². The van der Waals surface area contributed by atoms with Crippen molar-refractivity contribution in [3.05, 3.63) is 65.7 Å². The summed E-state index contributed by atoms with van der Waals surface area (Å²) >= 11 is 0. The Bertz CT molecular complexity index is 581. The van der Waals surface area contributed by atoms with Crippen molar-refractivity contribution in [3.63, 3.8) is 0 Å². The first-order valence-electron chi connectivity index (χ1n) is 7.39. The minimum atomic E-state index is -0.269. The number of rotatable bonds is 7. The van der Waals surface area contributed by atoms with Crippen LogP contribution >= 0.6 is 0 Å². The lowest BCUT2D eigenvalue weighted by atomic mass is 10.1. The number of aryl methyl sites for hydroxylation is 1. The van der Waals surface area contributed by atoms with Crippen LogP contribution in [0, 0.1) is 0 Å². The number of phenolic OH excluding ortho intramolecular Hbond substituents is 1. The molecular formula is C18H21NO3. The fourth-order valence-electron chi connectivity index (χ4n) is 2.28. The second kappa shape index (κ2) is 8.20. The van der Waals surface area contributed by atoms with Crippen LogP contribution in [0.4, 0.5) is 0 Å². The number of hydrogen-bond donors (Lipinski definition) is 3. The van der Waals surface area contributed by atoms with E-state index in [2.05, 4.69) is 5.32 Å². The van der Waals surface area contributed by atoms with Gasteiger partial charge >= 0.3 is 0 Å². The van der Waals surface area contributed by atoms with Crippen LogP contribution in [0.25, 0.3) is 0 Å². The zero-order valence-electron chi connectivity index (χ0n) is 12.4. The fraction of sp³-hybridized carbons (Fsp3) is 0.278. The summed E-state index contributed by atoms with van der Waals surface area (Å²) in [5.74, 6) is 0.138. The Balaban J connectivity index is 1.80. The van der Waals surface area contributed by atoms with Crippen molar-refractivity contribution >= 4 is 5.91 Å². The summed E-state index contributed by atoms with van der Waals surface area (Å²) in [7, 11) is 0. The molecule has 3 N–H and O–H groups in total. The highest BCUT2D eigenvalue weighted by atomic mass is 16.3. The zero-order chi connectivity index (χ0) is 15.8. The number of nitrogens with one attached hydrogen (secondary N) is 1. The first kappa shape index (κ1) is 16.0. The number of phenols is 1. The van der Waals surface area contributed by atoms with Gasteiger partial charge in [-0.15, -0.1) is 0 Å². The standard InChI is InChI=1S/C18H21NO3/c20-13-16(12-15-4-2-1-3-5-15)19-18(22)11-8-14-6-9-17(21)10-7-14/h1-7,9-10,16,20-21H,8,11-13H2,(H,19,22)/t16-/m0/s1. The highest BCUT2D eigenvalue weighted by Crippen LogP contribution is 2.11. The zero-order valence-corrected chi connectivity index (χ0v) is 12.4. The number of aromatic hydroxyl groups is 1. The fourth-order valence-corrected chi connectivity index (χ4v) is 2.28. The van der Waals surface area contributed by atoms with Gasteiger partial charge in [0.1, 0.15) is 5.75 Å². The van der Waals surface area contributed by atoms with Crippen molar-refractivity contribution in [2.24, 2.45) is 0 Å². The van der Waals surface area contributed by atoms with E-state index in [1.807, 2.05) is 30.3 Å². The molecule has 0 heterocycles. The van der Waals surface area contributed by atoms with Gasteiger partial charge in [-0.2, -0.15) is 0 Å². The Morgan fingerprint density at radius 2 is 1.68 bits per heavy atom. The van der Waals surface area contributed by atoms with Crippen LogP contribution in [0.2, 0.25) is 0 Å². The third-order valence-electron chi connectivity index (χ3n) is 3.49. The molecule has 0 aliphatic carbocycles. The Labute approximate surface area is 130 Å². The van der Waals surface area contributed by atoms with E-state index in [0.29, 0.717) is 19.3 Å². The van der Waals surface area contributed by atoms with Crippen molar-refractivity contribution in [2.45, 2.75) is 25.3 Å². The highest BCUT2D eigenvalue weighted by molar-refractivity contribution is 5.76. The summed E-state index contributed by atoms with van der Waals surface area (Å²) in [6, 6.07) is 16.3. The molecule has 0 saturated heterocycles. The third-order valence-corrected chi connectivity index (χ3v) is 3.49. The summed E-state index contributed by atoms with van der Waals surface area (Å²) in [6.07, 6.45) is 1.58. The van der Waals surface area contributed by atoms with Crippen LogP contribution in [0.1, 0.15) is 17.5 Å². The molecule has 0 saturated carbocycles. The van der Waals surface area contributed by atoms with Crippen LogP contribution in [-0.2, 0) is 17.6 Å². The van der Waals surface area contributed by atoms with Crippen LogP contribution in [0.3, 0.4) is 0 Å². The van der Waals surface area contributed by atoms with E-state index in [0.717, 1.165) is 11.1 Å². The molecule has 0 bridgehead atoms. The first-order valence-corrected chi connectivity index (χ1v) is 7.39. The second-order valence-corrected chi connectivity index (χ2v) is 5.30. The summed E-state index contributed by atoms with van der Waals surface area (Å²) in [5, 5.41) is 21.5. The van der Waals surface area contributed by atoms with Gasteiger partial charge in [0.2, 0.25) is 5.91 Å². The summed E-state index contributed by atoms with van der Waals surface area (Å²) in [6.45, 7) is -0.0835. The third kappa shape index (κ3) is 5.22. The van der Waals surface area contributed by atoms with Crippen molar-refractivity contribution in [3.8, 4) is 5.75 Å². The van der Waals surface area contributed by atoms with E-state index < -0.39 is 0 Å². The molecule has 0 spiro atoms. The molecule has 2 rings (SSSR count). The molecular weight excluding hydrogens is 278 g/mol. The maximum absolute atomic E-state index is 12.0. The van der Waals surface area contributed by atoms with E-state index in [-0.39, 0.29) is 24.3 Å². The van der Waals surface area contributed by atoms with Crippen molar-refractivity contribution in [1.29, 1.82) is 0 Å². The molecule has 1 atom stereocenters. The average Bonchev–Trinajstić information content (AvgIpc) is 2.54. The number of amides is 1. The van der Waals surface area contributed by atoms with Crippen LogP contribution < -0.4 is 5.32 Å². The maximum Gasteiger partial charge on any atom is 0.220 e. The molecule has 116 valence electrons. The van der Waals surface area contributed by atoms with Gasteiger partial charge in [-0.25, -0.2) is 0 Å². The quantitative estimate of drug-likeness (QED) is 0.733. The number of carbonyl (C=O) groups is 1. The summed E-state index contributed by atoms with van der Waals surface area (Å²) in [4.78, 5) is 12.0. The maximum atomic E-state index is 12.0. The second-order valence-electron chi connectivity index (χ2n) is 5.30. The molecule has 0 aliphatic heterocycles. The molecule has 2 aromatic rings. The molecule has 0 aromatic heterocycles. The Morgan fingerprint density at radius 3 is 2.32 bits per heavy atom. The topological polar surface area (TPSA) is 69.6 Å². The van der Waals surface area contributed by atoms with Crippen LogP contribution in [0.5, 0.6) is 5.75 Å². The molecule has 0 radical (unpaired) electrons. The van der Waals surface area contributed by atoms with Gasteiger partial charge in [-0.1, -0.05) is 42.5 Å². The number of hydrogen-bond acceptors (Lipinski definition) is 3. The summed E-state index contributed by atoms with van der Waals surface area (Å²) < 4.78 is 0. The van der Waals surface area contributed by atoms with Gasteiger partial charge in [0.15, 0.2) is 0 Å². The Morgan fingerprint density at radius 1 is 1.00 bits per heavy atom. The molecule has 1 amide bonds. The van der Waals surface area contributed by atoms with E-state index in [1.54, 1.807) is 24.3 Å². The van der Waals surface area contributed by atoms with Crippen LogP contribution in [-0.4, -0.2) is 28.8 Å². The molecule has 4 nitrogen and oxygen atoms in total. The molecule has 2 aromatic carbocycles. The molecule has 4 heteroatoms. The number of carbonyl (C=O) groups excluding carboxylic acids is 1. The highest BCUT2D eigenvalue weighted by Gasteiger charge is 2.12. The predicted molar refractivity (Wildman–Crippen MR) is 85.6 cm³/mol. The van der Waals surface area contributed by atoms with Crippen LogP contribution in [0.15, 0.2) is 54.6 Å². The molecule has 0 unspecified atom stereocenters. The molecule has 22 heavy (non-hydrogen) atoms. The summed E-state index contributed by atoms with van der Waals surface area (Å²) in [5.41, 5.74) is 2.08. The lowest BCUT2D eigenvalue weighted by Crippen LogP contribution is -2.39. The average molecular weight is 299 g/mol. The Kier molecular flexibility index (Phi) is 5.98. The largest absolute Gasteiger partial charge is 0.508 e. The smallest absolute Gasteiger partial charge is 0.220 e. The van der Waals surface area contributed by atoms with Gasteiger partial charge in [0.25, 0.3) is 0 Å².